The van der Waals surface area contributed by atoms with Crippen molar-refractivity contribution >= 4 is 0 Å². The Bertz CT molecular complexity index is 489. The summed E-state index contributed by atoms with van der Waals surface area (Å²) in [5.74, 6) is 1.82. The van der Waals surface area contributed by atoms with Gasteiger partial charge in [-0.3, -0.25) is 0 Å². The highest BCUT2D eigenvalue weighted by atomic mass is 16.5. The summed E-state index contributed by atoms with van der Waals surface area (Å²) in [7, 11) is 2.04. The minimum Gasteiger partial charge on any atom is -0.460 e. The minimum absolute atomic E-state index is 0.677. The number of ether oxygens (including phenoxy) is 1. The predicted molar refractivity (Wildman–Crippen MR) is 78.7 cm³/mol. The summed E-state index contributed by atoms with van der Waals surface area (Å²) in [5, 5.41) is 0. The van der Waals surface area contributed by atoms with Gasteiger partial charge in [0, 0.05) is 13.2 Å². The van der Waals surface area contributed by atoms with Crippen molar-refractivity contribution < 1.29 is 4.74 Å². The quantitative estimate of drug-likeness (QED) is 0.880. The fourth-order valence-corrected chi connectivity index (χ4v) is 1.92. The van der Waals surface area contributed by atoms with Crippen LogP contribution < -0.4 is 10.5 Å². The molecule has 0 aromatic heterocycles. The van der Waals surface area contributed by atoms with Crippen LogP contribution in [0.25, 0.3) is 0 Å². The fourth-order valence-electron chi connectivity index (χ4n) is 1.92. The van der Waals surface area contributed by atoms with Crippen molar-refractivity contribution in [2.75, 3.05) is 20.1 Å². The van der Waals surface area contributed by atoms with Crippen molar-refractivity contribution in [1.29, 1.82) is 0 Å². The first-order valence-electron chi connectivity index (χ1n) is 6.50. The van der Waals surface area contributed by atoms with Crippen LogP contribution in [-0.4, -0.2) is 25.0 Å². The van der Waals surface area contributed by atoms with E-state index in [0.717, 1.165) is 30.0 Å². The summed E-state index contributed by atoms with van der Waals surface area (Å²) in [5.41, 5.74) is 6.61. The molecule has 1 aromatic carbocycles. The van der Waals surface area contributed by atoms with Gasteiger partial charge in [-0.05, 0) is 36.7 Å². The lowest BCUT2D eigenvalue weighted by Crippen LogP contribution is -2.21. The van der Waals surface area contributed by atoms with Crippen LogP contribution in [0, 0.1) is 0 Å². The Labute approximate surface area is 114 Å². The lowest BCUT2D eigenvalue weighted by Gasteiger charge is -2.22. The van der Waals surface area contributed by atoms with E-state index in [2.05, 4.69) is 29.3 Å². The highest BCUT2D eigenvalue weighted by Crippen LogP contribution is 2.18. The third-order valence-corrected chi connectivity index (χ3v) is 2.74. The molecular formula is C16H20N2O. The Balaban J connectivity index is 2.06. The first-order chi connectivity index (χ1) is 9.28. The van der Waals surface area contributed by atoms with Crippen LogP contribution in [0.1, 0.15) is 6.42 Å². The van der Waals surface area contributed by atoms with E-state index >= 15 is 0 Å². The van der Waals surface area contributed by atoms with Gasteiger partial charge >= 0.3 is 0 Å². The van der Waals surface area contributed by atoms with Gasteiger partial charge in [-0.25, -0.2) is 0 Å². The Morgan fingerprint density at radius 1 is 1.32 bits per heavy atom. The highest BCUT2D eigenvalue weighted by molar-refractivity contribution is 5.36. The van der Waals surface area contributed by atoms with E-state index in [-0.39, 0.29) is 0 Å². The van der Waals surface area contributed by atoms with Crippen LogP contribution in [0.15, 0.2) is 66.1 Å². The van der Waals surface area contributed by atoms with Gasteiger partial charge < -0.3 is 15.4 Å². The molecule has 0 aliphatic carbocycles. The molecule has 0 unspecified atom stereocenters. The normalized spacial score (nSPS) is 15.4. The molecule has 2 rings (SSSR count). The number of allylic oxidation sites excluding steroid dienone is 3. The zero-order valence-electron chi connectivity index (χ0n) is 11.3. The van der Waals surface area contributed by atoms with Gasteiger partial charge in [0.25, 0.3) is 0 Å². The van der Waals surface area contributed by atoms with Crippen molar-refractivity contribution in [3.8, 4) is 5.75 Å². The number of rotatable bonds is 5. The largest absolute Gasteiger partial charge is 0.460 e. The molecule has 3 nitrogen and oxygen atoms in total. The van der Waals surface area contributed by atoms with E-state index in [1.807, 2.05) is 37.4 Å². The Kier molecular flexibility index (Phi) is 4.81. The first-order valence-corrected chi connectivity index (χ1v) is 6.50. The second kappa shape index (κ2) is 6.81. The summed E-state index contributed by atoms with van der Waals surface area (Å²) in [4.78, 5) is 2.11. The molecule has 0 spiro atoms. The average molecular weight is 256 g/mol. The van der Waals surface area contributed by atoms with Crippen molar-refractivity contribution in [2.24, 2.45) is 5.73 Å². The number of benzene rings is 1. The molecule has 0 fully saturated rings. The molecule has 0 saturated carbocycles. The molecule has 19 heavy (non-hydrogen) atoms. The first kappa shape index (κ1) is 13.4. The third-order valence-electron chi connectivity index (χ3n) is 2.74. The van der Waals surface area contributed by atoms with Crippen LogP contribution in [0.4, 0.5) is 0 Å². The Morgan fingerprint density at radius 2 is 2.11 bits per heavy atom. The smallest absolute Gasteiger partial charge is 0.127 e. The van der Waals surface area contributed by atoms with E-state index in [1.54, 1.807) is 0 Å². The molecule has 3 heteroatoms. The van der Waals surface area contributed by atoms with Crippen molar-refractivity contribution in [1.82, 2.24) is 4.90 Å². The van der Waals surface area contributed by atoms with E-state index in [9.17, 15) is 0 Å². The topological polar surface area (TPSA) is 38.5 Å². The van der Waals surface area contributed by atoms with E-state index in [0.29, 0.717) is 6.54 Å². The van der Waals surface area contributed by atoms with Crippen LogP contribution in [-0.2, 0) is 0 Å². The molecule has 0 saturated heterocycles. The van der Waals surface area contributed by atoms with Crippen molar-refractivity contribution in [3.63, 3.8) is 0 Å². The zero-order chi connectivity index (χ0) is 13.5. The number of hydrogen-bond donors (Lipinski definition) is 1. The SMILES string of the molecule is CN1C=C(C=CCCN)C=C(Oc2ccccc2)C1. The molecule has 1 aliphatic rings. The molecule has 2 N–H and O–H groups in total. The molecule has 0 bridgehead atoms. The van der Waals surface area contributed by atoms with E-state index in [1.165, 1.54) is 0 Å². The van der Waals surface area contributed by atoms with Gasteiger partial charge in [-0.1, -0.05) is 30.4 Å². The summed E-state index contributed by atoms with van der Waals surface area (Å²) in [6.07, 6.45) is 9.23. The minimum atomic E-state index is 0.677. The summed E-state index contributed by atoms with van der Waals surface area (Å²) < 4.78 is 5.88. The molecule has 1 heterocycles. The van der Waals surface area contributed by atoms with Gasteiger partial charge in [-0.15, -0.1) is 0 Å². The predicted octanol–water partition coefficient (Wildman–Crippen LogP) is 2.68. The van der Waals surface area contributed by atoms with Crippen LogP contribution in [0.2, 0.25) is 0 Å². The maximum absolute atomic E-state index is 5.88. The van der Waals surface area contributed by atoms with Gasteiger partial charge in [0.2, 0.25) is 0 Å². The van der Waals surface area contributed by atoms with Crippen LogP contribution >= 0.6 is 0 Å². The standard InChI is InChI=1S/C16H20N2O/c1-18-12-14(7-5-6-10-17)11-16(13-18)19-15-8-3-2-4-9-15/h2-5,7-9,11-12H,6,10,13,17H2,1H3. The maximum atomic E-state index is 5.88. The third kappa shape index (κ3) is 4.30. The van der Waals surface area contributed by atoms with Crippen LogP contribution in [0.3, 0.4) is 0 Å². The average Bonchev–Trinajstić information content (AvgIpc) is 2.39. The summed E-state index contributed by atoms with van der Waals surface area (Å²) in [6, 6.07) is 9.85. The summed E-state index contributed by atoms with van der Waals surface area (Å²) >= 11 is 0. The number of hydrogen-bond acceptors (Lipinski definition) is 3. The number of nitrogens with two attached hydrogens (primary N) is 1. The molecule has 0 atom stereocenters. The number of para-hydroxylation sites is 1. The molecule has 0 amide bonds. The van der Waals surface area contributed by atoms with Gasteiger partial charge in [0.15, 0.2) is 0 Å². The van der Waals surface area contributed by atoms with Crippen molar-refractivity contribution in [3.05, 3.63) is 66.1 Å². The highest BCUT2D eigenvalue weighted by Gasteiger charge is 2.09. The van der Waals surface area contributed by atoms with Crippen LogP contribution in [0.5, 0.6) is 5.75 Å². The van der Waals surface area contributed by atoms with E-state index < -0.39 is 0 Å². The Morgan fingerprint density at radius 3 is 2.84 bits per heavy atom. The lowest BCUT2D eigenvalue weighted by atomic mass is 10.1. The lowest BCUT2D eigenvalue weighted by molar-refractivity contribution is 0.348. The number of nitrogens with zero attached hydrogens (tertiary/aromatic N) is 1. The second-order valence-corrected chi connectivity index (χ2v) is 4.55. The maximum Gasteiger partial charge on any atom is 0.127 e. The molecule has 1 aliphatic heterocycles. The number of likely N-dealkylation sites (N-methyl/N-ethyl adjacent to an activating group) is 1. The molecule has 100 valence electrons. The van der Waals surface area contributed by atoms with Gasteiger partial charge in [0.05, 0.1) is 6.54 Å². The second-order valence-electron chi connectivity index (χ2n) is 4.55. The van der Waals surface area contributed by atoms with Gasteiger partial charge in [0.1, 0.15) is 11.5 Å². The fraction of sp³-hybridized carbons (Fsp3) is 0.250. The molecular weight excluding hydrogens is 236 g/mol. The monoisotopic (exact) mass is 256 g/mol. The summed E-state index contributed by atoms with van der Waals surface area (Å²) in [6.45, 7) is 1.46. The van der Waals surface area contributed by atoms with Gasteiger partial charge in [-0.2, -0.15) is 0 Å². The van der Waals surface area contributed by atoms with E-state index in [4.69, 9.17) is 10.5 Å². The van der Waals surface area contributed by atoms with Crippen molar-refractivity contribution in [2.45, 2.75) is 6.42 Å². The molecule has 1 aromatic rings. The molecule has 0 radical (unpaired) electrons. The Hall–Kier alpha value is -2.00. The zero-order valence-corrected chi connectivity index (χ0v) is 11.3.